The zero-order chi connectivity index (χ0) is 18.1. The Morgan fingerprint density at radius 1 is 1.24 bits per heavy atom. The van der Waals surface area contributed by atoms with Crippen molar-refractivity contribution >= 4 is 5.96 Å². The highest BCUT2D eigenvalue weighted by atomic mass is 16.5. The molecule has 0 bridgehead atoms. The molecule has 1 aromatic carbocycles. The molecule has 1 heterocycles. The van der Waals surface area contributed by atoms with Gasteiger partial charge >= 0.3 is 0 Å². The van der Waals surface area contributed by atoms with Crippen molar-refractivity contribution in [3.63, 3.8) is 0 Å². The molecule has 0 spiro atoms. The lowest BCUT2D eigenvalue weighted by molar-refractivity contribution is 0.0322. The van der Waals surface area contributed by atoms with Gasteiger partial charge in [0.2, 0.25) is 0 Å². The van der Waals surface area contributed by atoms with Crippen molar-refractivity contribution in [2.45, 2.75) is 32.9 Å². The molecule has 0 radical (unpaired) electrons. The highest BCUT2D eigenvalue weighted by Crippen LogP contribution is 2.17. The Balaban J connectivity index is 1.84. The quantitative estimate of drug-likeness (QED) is 0.607. The summed E-state index contributed by atoms with van der Waals surface area (Å²) in [6.45, 7) is 12.2. The number of para-hydroxylation sites is 1. The summed E-state index contributed by atoms with van der Waals surface area (Å²) < 4.78 is 11.4. The van der Waals surface area contributed by atoms with Gasteiger partial charge in [-0.2, -0.15) is 0 Å². The largest absolute Gasteiger partial charge is 0.492 e. The predicted octanol–water partition coefficient (Wildman–Crippen LogP) is 1.86. The summed E-state index contributed by atoms with van der Waals surface area (Å²) in [5, 5.41) is 6.72. The molecule has 2 rings (SSSR count). The van der Waals surface area contributed by atoms with Crippen LogP contribution >= 0.6 is 0 Å². The maximum Gasteiger partial charge on any atom is 0.191 e. The van der Waals surface area contributed by atoms with Gasteiger partial charge in [0.1, 0.15) is 12.4 Å². The lowest BCUT2D eigenvalue weighted by Gasteiger charge is -2.26. The molecule has 1 aliphatic rings. The number of hydrogen-bond donors (Lipinski definition) is 2. The SMILES string of the molecule is CN=C(NCc1ccccc1OCCN1CCOCC1)NC(C)(C)C. The van der Waals surface area contributed by atoms with Crippen LogP contribution in [0.5, 0.6) is 5.75 Å². The first-order chi connectivity index (χ1) is 12.0. The van der Waals surface area contributed by atoms with Crippen LogP contribution in [0.15, 0.2) is 29.3 Å². The molecule has 0 atom stereocenters. The average molecular weight is 348 g/mol. The minimum absolute atomic E-state index is 0.0317. The summed E-state index contributed by atoms with van der Waals surface area (Å²) in [6, 6.07) is 8.15. The standard InChI is InChI=1S/C19H32N4O2/c1-19(2,3)22-18(20-4)21-15-16-7-5-6-8-17(16)25-14-11-23-9-12-24-13-10-23/h5-8H,9-15H2,1-4H3,(H2,20,21,22). The Labute approximate surface area is 151 Å². The van der Waals surface area contributed by atoms with E-state index in [-0.39, 0.29) is 5.54 Å². The van der Waals surface area contributed by atoms with E-state index < -0.39 is 0 Å². The van der Waals surface area contributed by atoms with E-state index in [2.05, 4.69) is 47.4 Å². The Kier molecular flexibility index (Phi) is 7.52. The normalized spacial score (nSPS) is 16.6. The van der Waals surface area contributed by atoms with Crippen molar-refractivity contribution in [3.05, 3.63) is 29.8 Å². The Hall–Kier alpha value is -1.79. The Morgan fingerprint density at radius 3 is 2.64 bits per heavy atom. The molecular weight excluding hydrogens is 316 g/mol. The van der Waals surface area contributed by atoms with Crippen molar-refractivity contribution in [3.8, 4) is 5.75 Å². The van der Waals surface area contributed by atoms with Crippen molar-refractivity contribution in [1.82, 2.24) is 15.5 Å². The molecule has 1 aromatic rings. The fourth-order valence-corrected chi connectivity index (χ4v) is 2.61. The summed E-state index contributed by atoms with van der Waals surface area (Å²) in [7, 11) is 1.78. The Bertz CT molecular complexity index is 549. The van der Waals surface area contributed by atoms with Crippen LogP contribution in [0.4, 0.5) is 0 Å². The highest BCUT2D eigenvalue weighted by Gasteiger charge is 2.13. The van der Waals surface area contributed by atoms with Gasteiger partial charge in [0.05, 0.1) is 13.2 Å². The zero-order valence-corrected chi connectivity index (χ0v) is 16.0. The highest BCUT2D eigenvalue weighted by molar-refractivity contribution is 5.80. The van der Waals surface area contributed by atoms with Crippen LogP contribution in [0.25, 0.3) is 0 Å². The van der Waals surface area contributed by atoms with E-state index in [0.717, 1.165) is 50.1 Å². The summed E-state index contributed by atoms with van der Waals surface area (Å²) in [6.07, 6.45) is 0. The van der Waals surface area contributed by atoms with Gasteiger partial charge in [-0.25, -0.2) is 0 Å². The van der Waals surface area contributed by atoms with Gasteiger partial charge < -0.3 is 20.1 Å². The van der Waals surface area contributed by atoms with Crippen LogP contribution in [0.1, 0.15) is 26.3 Å². The number of nitrogens with zero attached hydrogens (tertiary/aromatic N) is 2. The van der Waals surface area contributed by atoms with Crippen LogP contribution < -0.4 is 15.4 Å². The molecule has 0 aromatic heterocycles. The zero-order valence-electron chi connectivity index (χ0n) is 16.0. The van der Waals surface area contributed by atoms with Gasteiger partial charge in [-0.05, 0) is 26.8 Å². The molecule has 0 aliphatic carbocycles. The van der Waals surface area contributed by atoms with Crippen molar-refractivity contribution in [2.75, 3.05) is 46.5 Å². The number of nitrogens with one attached hydrogen (secondary N) is 2. The van der Waals surface area contributed by atoms with Gasteiger partial charge in [0.15, 0.2) is 5.96 Å². The molecule has 6 heteroatoms. The first kappa shape index (κ1) is 19.5. The number of hydrogen-bond acceptors (Lipinski definition) is 4. The molecule has 25 heavy (non-hydrogen) atoms. The van der Waals surface area contributed by atoms with E-state index in [1.807, 2.05) is 18.2 Å². The average Bonchev–Trinajstić information content (AvgIpc) is 2.59. The molecule has 1 fully saturated rings. The van der Waals surface area contributed by atoms with Crippen LogP contribution in [-0.4, -0.2) is 62.9 Å². The molecule has 1 aliphatic heterocycles. The molecule has 1 saturated heterocycles. The van der Waals surface area contributed by atoms with E-state index in [1.165, 1.54) is 0 Å². The number of rotatable bonds is 6. The monoisotopic (exact) mass is 348 g/mol. The number of ether oxygens (including phenoxy) is 2. The maximum absolute atomic E-state index is 6.02. The first-order valence-corrected chi connectivity index (χ1v) is 8.97. The molecule has 0 unspecified atom stereocenters. The third-order valence-corrected chi connectivity index (χ3v) is 3.90. The second kappa shape index (κ2) is 9.63. The molecule has 0 saturated carbocycles. The number of benzene rings is 1. The smallest absolute Gasteiger partial charge is 0.191 e. The number of aliphatic imine (C=N–C) groups is 1. The van der Waals surface area contributed by atoms with E-state index in [4.69, 9.17) is 9.47 Å². The van der Waals surface area contributed by atoms with Gasteiger partial charge in [-0.3, -0.25) is 9.89 Å². The fraction of sp³-hybridized carbons (Fsp3) is 0.632. The number of morpholine rings is 1. The minimum Gasteiger partial charge on any atom is -0.492 e. The minimum atomic E-state index is -0.0317. The van der Waals surface area contributed by atoms with Crippen LogP contribution in [-0.2, 0) is 11.3 Å². The summed E-state index contributed by atoms with van der Waals surface area (Å²) in [5.41, 5.74) is 1.09. The molecule has 6 nitrogen and oxygen atoms in total. The lowest BCUT2D eigenvalue weighted by Crippen LogP contribution is -2.47. The topological polar surface area (TPSA) is 58.1 Å². The summed E-state index contributed by atoms with van der Waals surface area (Å²) in [4.78, 5) is 6.65. The third-order valence-electron chi connectivity index (χ3n) is 3.90. The number of guanidine groups is 1. The lowest BCUT2D eigenvalue weighted by atomic mass is 10.1. The molecular formula is C19H32N4O2. The molecule has 140 valence electrons. The molecule has 2 N–H and O–H groups in total. The van der Waals surface area contributed by atoms with E-state index >= 15 is 0 Å². The Morgan fingerprint density at radius 2 is 1.96 bits per heavy atom. The van der Waals surface area contributed by atoms with E-state index in [1.54, 1.807) is 7.05 Å². The summed E-state index contributed by atoms with van der Waals surface area (Å²) >= 11 is 0. The van der Waals surface area contributed by atoms with Crippen molar-refractivity contribution < 1.29 is 9.47 Å². The van der Waals surface area contributed by atoms with E-state index in [9.17, 15) is 0 Å². The van der Waals surface area contributed by atoms with Crippen LogP contribution in [0.2, 0.25) is 0 Å². The van der Waals surface area contributed by atoms with Crippen LogP contribution in [0.3, 0.4) is 0 Å². The second-order valence-electron chi connectivity index (χ2n) is 7.21. The van der Waals surface area contributed by atoms with E-state index in [0.29, 0.717) is 13.2 Å². The van der Waals surface area contributed by atoms with Crippen molar-refractivity contribution in [2.24, 2.45) is 4.99 Å². The fourth-order valence-electron chi connectivity index (χ4n) is 2.61. The maximum atomic E-state index is 6.02. The predicted molar refractivity (Wildman–Crippen MR) is 102 cm³/mol. The van der Waals surface area contributed by atoms with Gasteiger partial charge in [0.25, 0.3) is 0 Å². The van der Waals surface area contributed by atoms with Gasteiger partial charge in [-0.1, -0.05) is 18.2 Å². The van der Waals surface area contributed by atoms with Crippen molar-refractivity contribution in [1.29, 1.82) is 0 Å². The van der Waals surface area contributed by atoms with Gasteiger partial charge in [0, 0.05) is 44.3 Å². The second-order valence-corrected chi connectivity index (χ2v) is 7.21. The van der Waals surface area contributed by atoms with Gasteiger partial charge in [-0.15, -0.1) is 0 Å². The summed E-state index contributed by atoms with van der Waals surface area (Å²) in [5.74, 6) is 1.71. The first-order valence-electron chi connectivity index (χ1n) is 8.97. The van der Waals surface area contributed by atoms with Crippen LogP contribution in [0, 0.1) is 0 Å². The molecule has 0 amide bonds. The third kappa shape index (κ3) is 7.32.